The molecule has 0 aliphatic heterocycles. The molecule has 6 nitrogen and oxygen atoms in total. The summed E-state index contributed by atoms with van der Waals surface area (Å²) in [6.45, 7) is 0. The van der Waals surface area contributed by atoms with Crippen LogP contribution < -0.4 is 15.8 Å². The Hall–Kier alpha value is -3.45. The first-order chi connectivity index (χ1) is 14.2. The molecule has 0 bridgehead atoms. The van der Waals surface area contributed by atoms with Crippen LogP contribution in [0.15, 0.2) is 60.1 Å². The normalized spacial score (nSPS) is 13.4. The van der Waals surface area contributed by atoms with E-state index in [1.165, 1.54) is 29.7 Å². The topological polar surface area (TPSA) is 90.1 Å². The number of aromatic nitrogens is 2. The van der Waals surface area contributed by atoms with E-state index >= 15 is 0 Å². The quantitative estimate of drug-likeness (QED) is 0.479. The molecule has 0 unspecified atom stereocenters. The van der Waals surface area contributed by atoms with Crippen LogP contribution in [0.1, 0.15) is 34.7 Å². The number of nitrogens with two attached hydrogens (primary N) is 1. The summed E-state index contributed by atoms with van der Waals surface area (Å²) in [5.41, 5.74) is 8.37. The van der Waals surface area contributed by atoms with Crippen LogP contribution in [0.3, 0.4) is 0 Å². The predicted molar refractivity (Wildman–Crippen MR) is 115 cm³/mol. The highest BCUT2D eigenvalue weighted by atomic mass is 32.1. The van der Waals surface area contributed by atoms with Crippen LogP contribution in [-0.4, -0.2) is 15.9 Å². The molecule has 1 saturated carbocycles. The number of carbonyl (C=O) groups is 1. The number of thiophene rings is 1. The van der Waals surface area contributed by atoms with Crippen LogP contribution in [0.5, 0.6) is 11.6 Å². The van der Waals surface area contributed by atoms with Gasteiger partial charge in [0.15, 0.2) is 0 Å². The maximum absolute atomic E-state index is 12.8. The molecular weight excluding hydrogens is 384 g/mol. The van der Waals surface area contributed by atoms with E-state index < -0.39 is 0 Å². The first-order valence-electron chi connectivity index (χ1n) is 9.35. The van der Waals surface area contributed by atoms with E-state index in [0.717, 1.165) is 15.8 Å². The molecule has 0 radical (unpaired) electrons. The number of fused-ring (bicyclic) bond motifs is 1. The monoisotopic (exact) mass is 402 g/mol. The standard InChI is InChI=1S/C22H18N4O2S/c23-22-24-9-8-20(26-22)28-16-6-7-17-18(12-29-19(17)11-16)21(27)25-15-3-1-2-14(10-15)13-4-5-13/h1-3,6-13H,4-5H2,(H,25,27)(H2,23,24,26). The van der Waals surface area contributed by atoms with Crippen LogP contribution in [0.2, 0.25) is 0 Å². The number of carbonyl (C=O) groups excluding carboxylic acids is 1. The highest BCUT2D eigenvalue weighted by Gasteiger charge is 2.23. The van der Waals surface area contributed by atoms with Gasteiger partial charge in [-0.2, -0.15) is 4.98 Å². The van der Waals surface area contributed by atoms with Gasteiger partial charge < -0.3 is 15.8 Å². The van der Waals surface area contributed by atoms with E-state index in [0.29, 0.717) is 23.1 Å². The van der Waals surface area contributed by atoms with Gasteiger partial charge >= 0.3 is 0 Å². The number of hydrogen-bond donors (Lipinski definition) is 2. The largest absolute Gasteiger partial charge is 0.439 e. The van der Waals surface area contributed by atoms with Crippen molar-refractivity contribution in [2.45, 2.75) is 18.8 Å². The summed E-state index contributed by atoms with van der Waals surface area (Å²) in [5.74, 6) is 1.70. The van der Waals surface area contributed by atoms with Gasteiger partial charge in [0, 0.05) is 33.4 Å². The lowest BCUT2D eigenvalue weighted by atomic mass is 10.1. The molecule has 0 atom stereocenters. The number of benzene rings is 2. The molecule has 5 rings (SSSR count). The number of amides is 1. The van der Waals surface area contributed by atoms with Crippen molar-refractivity contribution in [2.24, 2.45) is 0 Å². The minimum absolute atomic E-state index is 0.110. The minimum atomic E-state index is -0.110. The Bertz CT molecular complexity index is 1220. The first-order valence-corrected chi connectivity index (χ1v) is 10.2. The van der Waals surface area contributed by atoms with Gasteiger partial charge in [-0.05, 0) is 54.7 Å². The van der Waals surface area contributed by atoms with Crippen LogP contribution in [0.4, 0.5) is 11.6 Å². The molecule has 1 fully saturated rings. The third-order valence-corrected chi connectivity index (χ3v) is 5.80. The highest BCUT2D eigenvalue weighted by Crippen LogP contribution is 2.40. The molecule has 0 spiro atoms. The Morgan fingerprint density at radius 3 is 2.90 bits per heavy atom. The summed E-state index contributed by atoms with van der Waals surface area (Å²) >= 11 is 1.50. The maximum atomic E-state index is 12.8. The lowest BCUT2D eigenvalue weighted by molar-refractivity contribution is 0.102. The molecule has 4 aromatic rings. The lowest BCUT2D eigenvalue weighted by Gasteiger charge is -2.07. The van der Waals surface area contributed by atoms with E-state index in [1.54, 1.807) is 12.3 Å². The van der Waals surface area contributed by atoms with Crippen molar-refractivity contribution in [3.8, 4) is 11.6 Å². The number of ether oxygens (including phenoxy) is 1. The Balaban J connectivity index is 1.36. The van der Waals surface area contributed by atoms with Gasteiger partial charge in [0.1, 0.15) is 5.75 Å². The molecule has 2 aromatic carbocycles. The summed E-state index contributed by atoms with van der Waals surface area (Å²) in [6, 6.07) is 15.4. The van der Waals surface area contributed by atoms with E-state index in [4.69, 9.17) is 10.5 Å². The molecule has 1 aliphatic carbocycles. The smallest absolute Gasteiger partial charge is 0.257 e. The molecule has 7 heteroatoms. The van der Waals surface area contributed by atoms with E-state index in [1.807, 2.05) is 35.7 Å². The summed E-state index contributed by atoms with van der Waals surface area (Å²) in [5, 5.41) is 5.79. The van der Waals surface area contributed by atoms with Gasteiger partial charge in [0.05, 0.1) is 5.56 Å². The average Bonchev–Trinajstić information content (AvgIpc) is 3.48. The summed E-state index contributed by atoms with van der Waals surface area (Å²) in [7, 11) is 0. The third kappa shape index (κ3) is 3.77. The Morgan fingerprint density at radius 1 is 1.17 bits per heavy atom. The van der Waals surface area contributed by atoms with Gasteiger partial charge in [-0.25, -0.2) is 4.98 Å². The van der Waals surface area contributed by atoms with E-state index in [9.17, 15) is 4.79 Å². The van der Waals surface area contributed by atoms with E-state index in [2.05, 4.69) is 27.4 Å². The fourth-order valence-electron chi connectivity index (χ4n) is 3.27. The Labute approximate surface area is 171 Å². The predicted octanol–water partition coefficient (Wildman–Crippen LogP) is 5.20. The lowest BCUT2D eigenvalue weighted by Crippen LogP contribution is -2.11. The second kappa shape index (κ2) is 7.18. The second-order valence-electron chi connectivity index (χ2n) is 7.02. The number of nitrogens with zero attached hydrogens (tertiary/aromatic N) is 2. The van der Waals surface area contributed by atoms with Gasteiger partial charge in [-0.3, -0.25) is 4.79 Å². The van der Waals surface area contributed by atoms with E-state index in [-0.39, 0.29) is 11.9 Å². The van der Waals surface area contributed by atoms with Crippen LogP contribution in [-0.2, 0) is 0 Å². The molecule has 3 N–H and O–H groups in total. The zero-order valence-electron chi connectivity index (χ0n) is 15.5. The fraction of sp³-hybridized carbons (Fsp3) is 0.136. The molecule has 1 aliphatic rings. The van der Waals surface area contributed by atoms with Gasteiger partial charge in [0.2, 0.25) is 11.8 Å². The first kappa shape index (κ1) is 17.6. The number of rotatable bonds is 5. The zero-order valence-corrected chi connectivity index (χ0v) is 16.3. The molecule has 0 saturated heterocycles. The Kier molecular flexibility index (Phi) is 4.37. The number of hydrogen-bond acceptors (Lipinski definition) is 6. The van der Waals surface area contributed by atoms with Crippen molar-refractivity contribution in [1.82, 2.24) is 9.97 Å². The second-order valence-corrected chi connectivity index (χ2v) is 7.93. The third-order valence-electron chi connectivity index (χ3n) is 4.86. The van der Waals surface area contributed by atoms with Crippen molar-refractivity contribution in [3.63, 3.8) is 0 Å². The van der Waals surface area contributed by atoms with Crippen LogP contribution in [0, 0.1) is 0 Å². The van der Waals surface area contributed by atoms with Crippen LogP contribution in [0.25, 0.3) is 10.1 Å². The van der Waals surface area contributed by atoms with Crippen molar-refractivity contribution in [1.29, 1.82) is 0 Å². The van der Waals surface area contributed by atoms with Gasteiger partial charge in [-0.1, -0.05) is 12.1 Å². The summed E-state index contributed by atoms with van der Waals surface area (Å²) in [6.07, 6.45) is 4.01. The Morgan fingerprint density at radius 2 is 2.07 bits per heavy atom. The molecule has 1 amide bonds. The molecule has 2 heterocycles. The molecule has 2 aromatic heterocycles. The van der Waals surface area contributed by atoms with Crippen molar-refractivity contribution in [3.05, 3.63) is 71.2 Å². The van der Waals surface area contributed by atoms with Crippen molar-refractivity contribution >= 4 is 39.0 Å². The minimum Gasteiger partial charge on any atom is -0.439 e. The molecular formula is C22H18N4O2S. The molecule has 144 valence electrons. The van der Waals surface area contributed by atoms with Crippen LogP contribution >= 0.6 is 11.3 Å². The number of nitrogen functional groups attached to an aromatic ring is 1. The summed E-state index contributed by atoms with van der Waals surface area (Å²) < 4.78 is 6.71. The zero-order chi connectivity index (χ0) is 19.8. The fourth-order valence-corrected chi connectivity index (χ4v) is 4.24. The van der Waals surface area contributed by atoms with Gasteiger partial charge in [0.25, 0.3) is 5.91 Å². The van der Waals surface area contributed by atoms with Crippen molar-refractivity contribution < 1.29 is 9.53 Å². The maximum Gasteiger partial charge on any atom is 0.257 e. The number of anilines is 2. The number of nitrogens with one attached hydrogen (secondary N) is 1. The van der Waals surface area contributed by atoms with Crippen molar-refractivity contribution in [2.75, 3.05) is 11.1 Å². The van der Waals surface area contributed by atoms with Gasteiger partial charge in [-0.15, -0.1) is 11.3 Å². The highest BCUT2D eigenvalue weighted by molar-refractivity contribution is 7.17. The summed E-state index contributed by atoms with van der Waals surface area (Å²) in [4.78, 5) is 20.7. The SMILES string of the molecule is Nc1nccc(Oc2ccc3c(C(=O)Nc4cccc(C5CC5)c4)csc3c2)n1. The average molecular weight is 402 g/mol. The molecule has 29 heavy (non-hydrogen) atoms.